The van der Waals surface area contributed by atoms with Crippen molar-refractivity contribution in [2.45, 2.75) is 19.8 Å². The number of rotatable bonds is 6. The molecule has 116 valence electrons. The van der Waals surface area contributed by atoms with E-state index in [-0.39, 0.29) is 6.03 Å². The van der Waals surface area contributed by atoms with Crippen molar-refractivity contribution in [3.05, 3.63) is 59.7 Å². The fourth-order valence-electron chi connectivity index (χ4n) is 2.23. The van der Waals surface area contributed by atoms with Gasteiger partial charge in [-0.3, -0.25) is 0 Å². The molecule has 4 heteroatoms. The lowest BCUT2D eigenvalue weighted by atomic mass is 10.1. The summed E-state index contributed by atoms with van der Waals surface area (Å²) in [5.41, 5.74) is 3.04. The van der Waals surface area contributed by atoms with Crippen LogP contribution in [0.3, 0.4) is 0 Å². The summed E-state index contributed by atoms with van der Waals surface area (Å²) in [5.74, 6) is 0.657. The minimum atomic E-state index is -0.211. The molecule has 0 bridgehead atoms. The van der Waals surface area contributed by atoms with Crippen LogP contribution in [0.15, 0.2) is 48.5 Å². The number of hydrogen-bond acceptors (Lipinski definition) is 2. The highest BCUT2D eigenvalue weighted by molar-refractivity contribution is 5.91. The van der Waals surface area contributed by atoms with Crippen LogP contribution in [0, 0.1) is 6.92 Å². The third-order valence-corrected chi connectivity index (χ3v) is 3.37. The molecule has 2 N–H and O–H groups in total. The lowest BCUT2D eigenvalue weighted by molar-refractivity contribution is 0.252. The standard InChI is InChI=1S/C18H22N2O2/c1-14-10-11-17(22-2)16(13-14)20-18(21)19-12-6-9-15-7-4-3-5-8-15/h3-5,7-8,10-11,13H,6,9,12H2,1-2H3,(H2,19,20,21). The fourth-order valence-corrected chi connectivity index (χ4v) is 2.23. The minimum Gasteiger partial charge on any atom is -0.495 e. The maximum absolute atomic E-state index is 11.9. The molecule has 2 rings (SSSR count). The molecule has 0 saturated heterocycles. The zero-order valence-corrected chi connectivity index (χ0v) is 13.1. The molecule has 0 spiro atoms. The fraction of sp³-hybridized carbons (Fsp3) is 0.278. The summed E-state index contributed by atoms with van der Waals surface area (Å²) >= 11 is 0. The monoisotopic (exact) mass is 298 g/mol. The number of anilines is 1. The SMILES string of the molecule is COc1ccc(C)cc1NC(=O)NCCCc1ccccc1. The van der Waals surface area contributed by atoms with E-state index in [0.717, 1.165) is 18.4 Å². The van der Waals surface area contributed by atoms with Crippen molar-refractivity contribution in [1.82, 2.24) is 5.32 Å². The first kappa shape index (κ1) is 15.9. The lowest BCUT2D eigenvalue weighted by Gasteiger charge is -2.12. The van der Waals surface area contributed by atoms with Gasteiger partial charge in [0.05, 0.1) is 12.8 Å². The van der Waals surface area contributed by atoms with Crippen molar-refractivity contribution in [2.75, 3.05) is 19.0 Å². The number of urea groups is 1. The first-order valence-corrected chi connectivity index (χ1v) is 7.42. The summed E-state index contributed by atoms with van der Waals surface area (Å²) < 4.78 is 5.24. The molecule has 2 amide bonds. The first-order chi connectivity index (χ1) is 10.7. The van der Waals surface area contributed by atoms with E-state index in [4.69, 9.17) is 4.74 Å². The van der Waals surface area contributed by atoms with Crippen LogP contribution < -0.4 is 15.4 Å². The van der Waals surface area contributed by atoms with Gasteiger partial charge in [-0.25, -0.2) is 4.79 Å². The van der Waals surface area contributed by atoms with Gasteiger partial charge in [-0.05, 0) is 43.0 Å². The molecule has 0 aliphatic heterocycles. The van der Waals surface area contributed by atoms with Crippen molar-refractivity contribution in [2.24, 2.45) is 0 Å². The highest BCUT2D eigenvalue weighted by atomic mass is 16.5. The Bertz CT molecular complexity index is 612. The average Bonchev–Trinajstić information content (AvgIpc) is 2.53. The molecule has 22 heavy (non-hydrogen) atoms. The van der Waals surface area contributed by atoms with Crippen LogP contribution in [-0.2, 0) is 6.42 Å². The molecule has 0 aliphatic rings. The molecule has 0 radical (unpaired) electrons. The molecule has 4 nitrogen and oxygen atoms in total. The molecule has 0 heterocycles. The van der Waals surface area contributed by atoms with E-state index < -0.39 is 0 Å². The van der Waals surface area contributed by atoms with Gasteiger partial charge in [0.25, 0.3) is 0 Å². The quantitative estimate of drug-likeness (QED) is 0.798. The third-order valence-electron chi connectivity index (χ3n) is 3.37. The van der Waals surface area contributed by atoms with Crippen LogP contribution in [0.5, 0.6) is 5.75 Å². The molecule has 0 aromatic heterocycles. The van der Waals surface area contributed by atoms with Crippen molar-refractivity contribution in [3.63, 3.8) is 0 Å². The van der Waals surface area contributed by atoms with Crippen LogP contribution >= 0.6 is 0 Å². The molecule has 0 aliphatic carbocycles. The smallest absolute Gasteiger partial charge is 0.319 e. The Morgan fingerprint density at radius 2 is 1.91 bits per heavy atom. The predicted molar refractivity (Wildman–Crippen MR) is 89.5 cm³/mol. The van der Waals surface area contributed by atoms with Crippen LogP contribution in [0.25, 0.3) is 0 Å². The molecule has 0 unspecified atom stereocenters. The van der Waals surface area contributed by atoms with Gasteiger partial charge < -0.3 is 15.4 Å². The maximum atomic E-state index is 11.9. The Hall–Kier alpha value is -2.49. The van der Waals surface area contributed by atoms with E-state index in [1.807, 2.05) is 43.3 Å². The van der Waals surface area contributed by atoms with E-state index in [0.29, 0.717) is 18.0 Å². The van der Waals surface area contributed by atoms with E-state index in [2.05, 4.69) is 22.8 Å². The number of methoxy groups -OCH3 is 1. The number of amides is 2. The molecular formula is C18H22N2O2. The number of benzene rings is 2. The third kappa shape index (κ3) is 4.81. The van der Waals surface area contributed by atoms with Gasteiger partial charge in [-0.1, -0.05) is 36.4 Å². The minimum absolute atomic E-state index is 0.211. The van der Waals surface area contributed by atoms with Gasteiger partial charge in [0.15, 0.2) is 0 Å². The second-order valence-corrected chi connectivity index (χ2v) is 5.17. The van der Waals surface area contributed by atoms with Crippen LogP contribution in [0.2, 0.25) is 0 Å². The van der Waals surface area contributed by atoms with E-state index in [1.165, 1.54) is 5.56 Å². The second-order valence-electron chi connectivity index (χ2n) is 5.17. The number of carbonyl (C=O) groups excluding carboxylic acids is 1. The number of carbonyl (C=O) groups is 1. The van der Waals surface area contributed by atoms with Crippen LogP contribution in [0.1, 0.15) is 17.5 Å². The van der Waals surface area contributed by atoms with Gasteiger partial charge in [0, 0.05) is 6.54 Å². The first-order valence-electron chi connectivity index (χ1n) is 7.42. The van der Waals surface area contributed by atoms with Gasteiger partial charge in [0.1, 0.15) is 5.75 Å². The summed E-state index contributed by atoms with van der Waals surface area (Å²) in [4.78, 5) is 11.9. The Morgan fingerprint density at radius 3 is 2.64 bits per heavy atom. The highest BCUT2D eigenvalue weighted by Crippen LogP contribution is 2.24. The highest BCUT2D eigenvalue weighted by Gasteiger charge is 2.07. The summed E-state index contributed by atoms with van der Waals surface area (Å²) in [6.07, 6.45) is 1.86. The zero-order chi connectivity index (χ0) is 15.8. The lowest BCUT2D eigenvalue weighted by Crippen LogP contribution is -2.29. The molecule has 0 fully saturated rings. The van der Waals surface area contributed by atoms with Crippen molar-refractivity contribution in [3.8, 4) is 5.75 Å². The zero-order valence-electron chi connectivity index (χ0n) is 13.1. The second kappa shape index (κ2) is 8.08. The molecule has 2 aromatic carbocycles. The Labute approximate surface area is 131 Å². The van der Waals surface area contributed by atoms with Crippen molar-refractivity contribution < 1.29 is 9.53 Å². The van der Waals surface area contributed by atoms with Crippen LogP contribution in [-0.4, -0.2) is 19.7 Å². The molecular weight excluding hydrogens is 276 g/mol. The normalized spacial score (nSPS) is 10.1. The number of nitrogens with one attached hydrogen (secondary N) is 2. The van der Waals surface area contributed by atoms with Gasteiger partial charge >= 0.3 is 6.03 Å². The van der Waals surface area contributed by atoms with E-state index in [9.17, 15) is 4.79 Å². The van der Waals surface area contributed by atoms with Gasteiger partial charge in [-0.2, -0.15) is 0 Å². The summed E-state index contributed by atoms with van der Waals surface area (Å²) in [6.45, 7) is 2.61. The number of aryl methyl sites for hydroxylation is 2. The maximum Gasteiger partial charge on any atom is 0.319 e. The summed E-state index contributed by atoms with van der Waals surface area (Å²) in [7, 11) is 1.59. The molecule has 2 aromatic rings. The number of ether oxygens (including phenoxy) is 1. The van der Waals surface area contributed by atoms with Crippen molar-refractivity contribution >= 4 is 11.7 Å². The van der Waals surface area contributed by atoms with Gasteiger partial charge in [0.2, 0.25) is 0 Å². The Morgan fingerprint density at radius 1 is 1.14 bits per heavy atom. The summed E-state index contributed by atoms with van der Waals surface area (Å²) in [6, 6.07) is 15.7. The summed E-state index contributed by atoms with van der Waals surface area (Å²) in [5, 5.41) is 5.69. The van der Waals surface area contributed by atoms with Crippen LogP contribution in [0.4, 0.5) is 10.5 Å². The Balaban J connectivity index is 1.77. The Kier molecular flexibility index (Phi) is 5.83. The van der Waals surface area contributed by atoms with Crippen molar-refractivity contribution in [1.29, 1.82) is 0 Å². The van der Waals surface area contributed by atoms with E-state index >= 15 is 0 Å². The molecule has 0 saturated carbocycles. The average molecular weight is 298 g/mol. The number of hydrogen-bond donors (Lipinski definition) is 2. The molecule has 0 atom stereocenters. The van der Waals surface area contributed by atoms with Gasteiger partial charge in [-0.15, -0.1) is 0 Å². The predicted octanol–water partition coefficient (Wildman–Crippen LogP) is 3.76. The van der Waals surface area contributed by atoms with E-state index in [1.54, 1.807) is 7.11 Å². The topological polar surface area (TPSA) is 50.4 Å². The largest absolute Gasteiger partial charge is 0.495 e.